The normalized spacial score (nSPS) is 18.1. The van der Waals surface area contributed by atoms with Crippen LogP contribution >= 0.6 is 0 Å². The number of sulfonamides is 1. The minimum absolute atomic E-state index is 0.0134. The highest BCUT2D eigenvalue weighted by atomic mass is 32.2. The summed E-state index contributed by atoms with van der Waals surface area (Å²) in [6.07, 6.45) is 0.892. The highest BCUT2D eigenvalue weighted by Gasteiger charge is 2.28. The minimum Gasteiger partial charge on any atom is -0.353 e. The van der Waals surface area contributed by atoms with E-state index in [2.05, 4.69) is 19.9 Å². The van der Waals surface area contributed by atoms with Gasteiger partial charge in [-0.15, -0.1) is 4.40 Å². The maximum Gasteiger partial charge on any atom is 0.285 e. The lowest BCUT2D eigenvalue weighted by Gasteiger charge is -2.34. The number of anilines is 1. The highest BCUT2D eigenvalue weighted by Crippen LogP contribution is 2.26. The first kappa shape index (κ1) is 23.9. The van der Waals surface area contributed by atoms with Crippen LogP contribution in [0.3, 0.4) is 0 Å². The first-order valence-electron chi connectivity index (χ1n) is 11.4. The maximum atomic E-state index is 12.9. The van der Waals surface area contributed by atoms with Gasteiger partial charge in [-0.2, -0.15) is 8.42 Å². The van der Waals surface area contributed by atoms with Crippen LogP contribution in [0, 0.1) is 0 Å². The summed E-state index contributed by atoms with van der Waals surface area (Å²) in [6, 6.07) is 13.7. The fourth-order valence-corrected chi connectivity index (χ4v) is 5.12. The number of amides is 2. The molecule has 0 aromatic heterocycles. The Morgan fingerprint density at radius 1 is 1.03 bits per heavy atom. The molecule has 2 aliphatic rings. The molecule has 180 valence electrons. The summed E-state index contributed by atoms with van der Waals surface area (Å²) in [7, 11) is -3.70. The molecule has 1 fully saturated rings. The van der Waals surface area contributed by atoms with Gasteiger partial charge in [0, 0.05) is 49.0 Å². The van der Waals surface area contributed by atoms with E-state index in [1.807, 2.05) is 13.8 Å². The number of amidine groups is 1. The SMILES string of the molecule is CCC(C)NC(=O)CN1CCN(C(=O)c2ccc(NC3=NS(=O)(=O)c4ccccc43)cc2)CC1. The van der Waals surface area contributed by atoms with Crippen molar-refractivity contribution < 1.29 is 18.0 Å². The number of rotatable bonds is 6. The van der Waals surface area contributed by atoms with Crippen LogP contribution in [0.2, 0.25) is 0 Å². The first-order valence-corrected chi connectivity index (χ1v) is 12.8. The second-order valence-corrected chi connectivity index (χ2v) is 10.1. The molecule has 9 nitrogen and oxygen atoms in total. The van der Waals surface area contributed by atoms with Gasteiger partial charge in [-0.3, -0.25) is 14.5 Å². The minimum atomic E-state index is -3.70. The number of nitrogens with one attached hydrogen (secondary N) is 2. The molecule has 0 saturated carbocycles. The van der Waals surface area contributed by atoms with Crippen molar-refractivity contribution >= 4 is 33.4 Å². The summed E-state index contributed by atoms with van der Waals surface area (Å²) in [5.74, 6) is 0.212. The van der Waals surface area contributed by atoms with E-state index in [1.165, 1.54) is 6.07 Å². The number of fused-ring (bicyclic) bond motifs is 1. The molecule has 1 saturated heterocycles. The lowest BCUT2D eigenvalue weighted by molar-refractivity contribution is -0.123. The molecule has 0 bridgehead atoms. The molecule has 34 heavy (non-hydrogen) atoms. The van der Waals surface area contributed by atoms with E-state index in [0.29, 0.717) is 49.5 Å². The van der Waals surface area contributed by atoms with Crippen LogP contribution in [0.15, 0.2) is 57.8 Å². The average Bonchev–Trinajstić information content (AvgIpc) is 3.09. The van der Waals surface area contributed by atoms with Crippen LogP contribution in [-0.2, 0) is 14.8 Å². The van der Waals surface area contributed by atoms with E-state index >= 15 is 0 Å². The molecule has 0 spiro atoms. The number of hydrogen-bond acceptors (Lipinski definition) is 6. The lowest BCUT2D eigenvalue weighted by atomic mass is 10.1. The van der Waals surface area contributed by atoms with Crippen molar-refractivity contribution in [2.75, 3.05) is 38.0 Å². The first-order chi connectivity index (χ1) is 16.3. The number of carbonyl (C=O) groups excluding carboxylic acids is 2. The van der Waals surface area contributed by atoms with E-state index in [1.54, 1.807) is 47.4 Å². The van der Waals surface area contributed by atoms with Gasteiger partial charge in [0.15, 0.2) is 5.84 Å². The van der Waals surface area contributed by atoms with Gasteiger partial charge in [0.25, 0.3) is 15.9 Å². The molecule has 2 aromatic rings. The maximum absolute atomic E-state index is 12.9. The van der Waals surface area contributed by atoms with Gasteiger partial charge >= 0.3 is 0 Å². The number of piperazine rings is 1. The molecule has 0 aliphatic carbocycles. The van der Waals surface area contributed by atoms with Crippen molar-refractivity contribution in [1.82, 2.24) is 15.1 Å². The Bertz CT molecular complexity index is 1200. The lowest BCUT2D eigenvalue weighted by Crippen LogP contribution is -2.51. The Hall–Kier alpha value is -3.24. The van der Waals surface area contributed by atoms with E-state index < -0.39 is 10.0 Å². The largest absolute Gasteiger partial charge is 0.353 e. The molecular weight excluding hydrogens is 454 g/mol. The Kier molecular flexibility index (Phi) is 6.99. The topological polar surface area (TPSA) is 111 Å². The quantitative estimate of drug-likeness (QED) is 0.650. The van der Waals surface area contributed by atoms with Crippen molar-refractivity contribution in [2.24, 2.45) is 4.40 Å². The van der Waals surface area contributed by atoms with Gasteiger partial charge in [0.1, 0.15) is 4.90 Å². The summed E-state index contributed by atoms with van der Waals surface area (Å²) >= 11 is 0. The summed E-state index contributed by atoms with van der Waals surface area (Å²) in [5, 5.41) is 6.01. The van der Waals surface area contributed by atoms with Gasteiger partial charge in [-0.25, -0.2) is 0 Å². The van der Waals surface area contributed by atoms with Crippen molar-refractivity contribution in [1.29, 1.82) is 0 Å². The molecule has 10 heteroatoms. The van der Waals surface area contributed by atoms with Crippen LogP contribution in [0.1, 0.15) is 36.2 Å². The Morgan fingerprint density at radius 2 is 1.71 bits per heavy atom. The van der Waals surface area contributed by atoms with E-state index in [0.717, 1.165) is 6.42 Å². The summed E-state index contributed by atoms with van der Waals surface area (Å²) in [4.78, 5) is 29.0. The third-order valence-electron chi connectivity index (χ3n) is 6.07. The molecular formula is C24H29N5O4S. The Morgan fingerprint density at radius 3 is 2.38 bits per heavy atom. The molecule has 2 heterocycles. The third-order valence-corrected chi connectivity index (χ3v) is 7.41. The molecule has 2 aliphatic heterocycles. The third kappa shape index (κ3) is 5.28. The summed E-state index contributed by atoms with van der Waals surface area (Å²) in [5.41, 5.74) is 1.72. The number of hydrogen-bond donors (Lipinski definition) is 2. The zero-order chi connectivity index (χ0) is 24.3. The van der Waals surface area contributed by atoms with Gasteiger partial charge < -0.3 is 15.5 Å². The molecule has 4 rings (SSSR count). The van der Waals surface area contributed by atoms with E-state index in [-0.39, 0.29) is 28.6 Å². The predicted molar refractivity (Wildman–Crippen MR) is 130 cm³/mol. The van der Waals surface area contributed by atoms with Crippen molar-refractivity contribution in [3.63, 3.8) is 0 Å². The van der Waals surface area contributed by atoms with E-state index in [9.17, 15) is 18.0 Å². The fraction of sp³-hybridized carbons (Fsp3) is 0.375. The second kappa shape index (κ2) is 9.94. The van der Waals surface area contributed by atoms with Crippen LogP contribution in [0.5, 0.6) is 0 Å². The zero-order valence-corrected chi connectivity index (χ0v) is 20.1. The number of benzene rings is 2. The van der Waals surface area contributed by atoms with Crippen LogP contribution in [-0.4, -0.2) is 74.6 Å². The molecule has 1 unspecified atom stereocenters. The van der Waals surface area contributed by atoms with Gasteiger partial charge in [-0.1, -0.05) is 19.1 Å². The highest BCUT2D eigenvalue weighted by molar-refractivity contribution is 7.90. The zero-order valence-electron chi connectivity index (χ0n) is 19.3. The fourth-order valence-electron chi connectivity index (χ4n) is 3.95. The molecule has 0 radical (unpaired) electrons. The summed E-state index contributed by atoms with van der Waals surface area (Å²) < 4.78 is 28.3. The molecule has 1 atom stereocenters. The number of nitrogens with zero attached hydrogens (tertiary/aromatic N) is 3. The Balaban J connectivity index is 1.33. The molecule has 2 amide bonds. The van der Waals surface area contributed by atoms with Crippen LogP contribution in [0.25, 0.3) is 0 Å². The van der Waals surface area contributed by atoms with Crippen molar-refractivity contribution in [3.05, 3.63) is 59.7 Å². The van der Waals surface area contributed by atoms with Crippen molar-refractivity contribution in [3.8, 4) is 0 Å². The predicted octanol–water partition coefficient (Wildman–Crippen LogP) is 1.92. The summed E-state index contributed by atoms with van der Waals surface area (Å²) in [6.45, 7) is 6.76. The van der Waals surface area contributed by atoms with E-state index in [4.69, 9.17) is 0 Å². The molecule has 2 N–H and O–H groups in total. The Labute approximate surface area is 199 Å². The smallest absolute Gasteiger partial charge is 0.285 e. The standard InChI is InChI=1S/C24H29N5O4S/c1-3-17(2)25-22(30)16-28-12-14-29(15-13-28)24(31)18-8-10-19(11-9-18)26-23-20-6-4-5-7-21(20)34(32,33)27-23/h4-11,17H,3,12-16H2,1-2H3,(H,25,30)(H,26,27). The van der Waals surface area contributed by atoms with Crippen molar-refractivity contribution in [2.45, 2.75) is 31.2 Å². The van der Waals surface area contributed by atoms with Crippen LogP contribution in [0.4, 0.5) is 5.69 Å². The van der Waals surface area contributed by atoms with Gasteiger partial charge in [0.2, 0.25) is 5.91 Å². The van der Waals surface area contributed by atoms with Gasteiger partial charge in [-0.05, 0) is 49.7 Å². The molecule has 2 aromatic carbocycles. The monoisotopic (exact) mass is 483 g/mol. The van der Waals surface area contributed by atoms with Crippen LogP contribution < -0.4 is 10.6 Å². The van der Waals surface area contributed by atoms with Gasteiger partial charge in [0.05, 0.1) is 6.54 Å². The second-order valence-electron chi connectivity index (χ2n) is 8.56. The average molecular weight is 484 g/mol. The number of carbonyl (C=O) groups is 2.